The summed E-state index contributed by atoms with van der Waals surface area (Å²) in [6, 6.07) is 4.71. The normalized spacial score (nSPS) is 19.3. The van der Waals surface area contributed by atoms with Crippen molar-refractivity contribution in [2.45, 2.75) is 10.9 Å². The lowest BCUT2D eigenvalue weighted by atomic mass is 10.1. The van der Waals surface area contributed by atoms with E-state index in [-0.39, 0.29) is 10.8 Å². The molecule has 0 radical (unpaired) electrons. The monoisotopic (exact) mass is 329 g/mol. The topological polar surface area (TPSA) is 91.8 Å². The van der Waals surface area contributed by atoms with Gasteiger partial charge in [0.25, 0.3) is 5.91 Å². The Hall–Kier alpha value is -1.54. The summed E-state index contributed by atoms with van der Waals surface area (Å²) >= 11 is 1.50. The first kappa shape index (κ1) is 15.8. The second-order valence-corrected chi connectivity index (χ2v) is 7.89. The maximum atomic E-state index is 12.4. The van der Waals surface area contributed by atoms with Crippen molar-refractivity contribution in [2.24, 2.45) is 0 Å². The minimum Gasteiger partial charge on any atom is -0.480 e. The molecular weight excluding hydrogens is 314 g/mol. The average molecular weight is 329 g/mol. The van der Waals surface area contributed by atoms with E-state index in [1.807, 2.05) is 0 Å². The van der Waals surface area contributed by atoms with Crippen molar-refractivity contribution in [3.05, 3.63) is 29.8 Å². The molecule has 1 N–H and O–H groups in total. The van der Waals surface area contributed by atoms with Crippen molar-refractivity contribution >= 4 is 33.5 Å². The SMILES string of the molecule is CS(=O)(=O)c1ccc(C(=O)N2CCSCC2C(=O)O)cc1. The molecule has 21 heavy (non-hydrogen) atoms. The zero-order valence-corrected chi connectivity index (χ0v) is 13.0. The number of benzene rings is 1. The molecule has 8 heteroatoms. The number of rotatable bonds is 3. The van der Waals surface area contributed by atoms with E-state index in [1.54, 1.807) is 0 Å². The molecule has 1 amide bonds. The quantitative estimate of drug-likeness (QED) is 0.879. The van der Waals surface area contributed by atoms with E-state index in [2.05, 4.69) is 0 Å². The highest BCUT2D eigenvalue weighted by Crippen LogP contribution is 2.20. The van der Waals surface area contributed by atoms with Gasteiger partial charge in [0.05, 0.1) is 4.90 Å². The van der Waals surface area contributed by atoms with E-state index in [0.717, 1.165) is 6.26 Å². The third-order valence-electron chi connectivity index (χ3n) is 3.20. The summed E-state index contributed by atoms with van der Waals surface area (Å²) in [5.74, 6) is -0.356. The Morgan fingerprint density at radius 2 is 1.90 bits per heavy atom. The number of sulfone groups is 1. The number of thioether (sulfide) groups is 1. The molecule has 1 atom stereocenters. The van der Waals surface area contributed by atoms with E-state index in [1.165, 1.54) is 40.9 Å². The summed E-state index contributed by atoms with van der Waals surface area (Å²) < 4.78 is 22.8. The van der Waals surface area contributed by atoms with Crippen LogP contribution in [-0.2, 0) is 14.6 Å². The fraction of sp³-hybridized carbons (Fsp3) is 0.385. The molecule has 2 rings (SSSR count). The Kier molecular flexibility index (Phi) is 4.58. The van der Waals surface area contributed by atoms with Gasteiger partial charge in [-0.05, 0) is 24.3 Å². The highest BCUT2D eigenvalue weighted by molar-refractivity contribution is 7.99. The van der Waals surface area contributed by atoms with Crippen LogP contribution in [0, 0.1) is 0 Å². The second-order valence-electron chi connectivity index (χ2n) is 4.72. The maximum Gasteiger partial charge on any atom is 0.327 e. The van der Waals surface area contributed by atoms with Crippen molar-refractivity contribution in [2.75, 3.05) is 24.3 Å². The number of hydrogen-bond donors (Lipinski definition) is 1. The number of carbonyl (C=O) groups excluding carboxylic acids is 1. The van der Waals surface area contributed by atoms with Gasteiger partial charge in [0.1, 0.15) is 6.04 Å². The van der Waals surface area contributed by atoms with Gasteiger partial charge < -0.3 is 10.0 Å². The van der Waals surface area contributed by atoms with Crippen LogP contribution < -0.4 is 0 Å². The predicted molar refractivity (Wildman–Crippen MR) is 79.3 cm³/mol. The largest absolute Gasteiger partial charge is 0.480 e. The molecule has 1 aliphatic rings. The van der Waals surface area contributed by atoms with Gasteiger partial charge in [-0.15, -0.1) is 0 Å². The van der Waals surface area contributed by atoms with Crippen LogP contribution >= 0.6 is 11.8 Å². The molecule has 114 valence electrons. The van der Waals surface area contributed by atoms with Gasteiger partial charge in [-0.3, -0.25) is 4.79 Å². The summed E-state index contributed by atoms with van der Waals surface area (Å²) in [6.07, 6.45) is 1.09. The molecule has 1 heterocycles. The van der Waals surface area contributed by atoms with Crippen LogP contribution in [0.25, 0.3) is 0 Å². The zero-order valence-electron chi connectivity index (χ0n) is 11.4. The highest BCUT2D eigenvalue weighted by Gasteiger charge is 2.32. The first-order valence-electron chi connectivity index (χ1n) is 6.22. The molecule has 1 aromatic rings. The van der Waals surface area contributed by atoms with Crippen molar-refractivity contribution < 1.29 is 23.1 Å². The van der Waals surface area contributed by atoms with Crippen molar-refractivity contribution in [3.8, 4) is 0 Å². The van der Waals surface area contributed by atoms with E-state index >= 15 is 0 Å². The first-order chi connectivity index (χ1) is 9.80. The number of carboxylic acid groups (broad SMARTS) is 1. The van der Waals surface area contributed by atoms with Crippen LogP contribution in [0.3, 0.4) is 0 Å². The summed E-state index contributed by atoms with van der Waals surface area (Å²) in [4.78, 5) is 25.0. The molecule has 0 aliphatic carbocycles. The number of amides is 1. The zero-order chi connectivity index (χ0) is 15.6. The van der Waals surface area contributed by atoms with Gasteiger partial charge in [-0.1, -0.05) is 0 Å². The molecular formula is C13H15NO5S2. The van der Waals surface area contributed by atoms with Gasteiger partial charge >= 0.3 is 5.97 Å². The smallest absolute Gasteiger partial charge is 0.327 e. The van der Waals surface area contributed by atoms with Crippen LogP contribution in [0.1, 0.15) is 10.4 Å². The number of aliphatic carboxylic acids is 1. The van der Waals surface area contributed by atoms with Gasteiger partial charge in [0.15, 0.2) is 9.84 Å². The third-order valence-corrected chi connectivity index (χ3v) is 5.35. The number of nitrogens with zero attached hydrogens (tertiary/aromatic N) is 1. The molecule has 6 nitrogen and oxygen atoms in total. The Morgan fingerprint density at radius 1 is 1.29 bits per heavy atom. The Bertz CT molecular complexity index is 654. The standard InChI is InChI=1S/C13H15NO5S2/c1-21(18,19)10-4-2-9(3-5-10)12(15)14-6-7-20-8-11(14)13(16)17/h2-5,11H,6-8H2,1H3,(H,16,17). The molecule has 1 fully saturated rings. The molecule has 1 saturated heterocycles. The molecule has 0 saturated carbocycles. The van der Waals surface area contributed by atoms with E-state index < -0.39 is 21.8 Å². The van der Waals surface area contributed by atoms with Crippen LogP contribution in [0.4, 0.5) is 0 Å². The molecule has 0 aromatic heterocycles. The van der Waals surface area contributed by atoms with Crippen molar-refractivity contribution in [1.82, 2.24) is 4.90 Å². The summed E-state index contributed by atoms with van der Waals surface area (Å²) in [5, 5.41) is 9.17. The lowest BCUT2D eigenvalue weighted by molar-refractivity contribution is -0.141. The molecule has 0 spiro atoms. The highest BCUT2D eigenvalue weighted by atomic mass is 32.2. The summed E-state index contributed by atoms with van der Waals surface area (Å²) in [6.45, 7) is 0.369. The maximum absolute atomic E-state index is 12.4. The van der Waals surface area contributed by atoms with Crippen LogP contribution in [-0.4, -0.2) is 60.6 Å². The molecule has 1 unspecified atom stereocenters. The molecule has 1 aliphatic heterocycles. The first-order valence-corrected chi connectivity index (χ1v) is 9.27. The van der Waals surface area contributed by atoms with E-state index in [4.69, 9.17) is 5.11 Å². The number of carbonyl (C=O) groups is 2. The van der Waals surface area contributed by atoms with Crippen molar-refractivity contribution in [3.63, 3.8) is 0 Å². The Morgan fingerprint density at radius 3 is 2.43 bits per heavy atom. The fourth-order valence-corrected chi connectivity index (χ4v) is 3.73. The van der Waals surface area contributed by atoms with Gasteiger partial charge in [-0.2, -0.15) is 11.8 Å². The fourth-order valence-electron chi connectivity index (χ4n) is 2.06. The lowest BCUT2D eigenvalue weighted by Crippen LogP contribution is -2.50. The van der Waals surface area contributed by atoms with Gasteiger partial charge in [-0.25, -0.2) is 13.2 Å². The van der Waals surface area contributed by atoms with Crippen LogP contribution in [0.15, 0.2) is 29.2 Å². The van der Waals surface area contributed by atoms with E-state index in [0.29, 0.717) is 23.6 Å². The van der Waals surface area contributed by atoms with Gasteiger partial charge in [0.2, 0.25) is 0 Å². The predicted octanol–water partition coefficient (Wildman–Crippen LogP) is 0.732. The molecule has 1 aromatic carbocycles. The lowest BCUT2D eigenvalue weighted by Gasteiger charge is -2.32. The Balaban J connectivity index is 2.24. The van der Waals surface area contributed by atoms with Gasteiger partial charge in [0, 0.05) is 29.9 Å². The second kappa shape index (κ2) is 6.07. The third kappa shape index (κ3) is 3.56. The number of hydrogen-bond acceptors (Lipinski definition) is 5. The average Bonchev–Trinajstić information content (AvgIpc) is 2.45. The summed E-state index contributed by atoms with van der Waals surface area (Å²) in [5.41, 5.74) is 0.292. The molecule has 0 bridgehead atoms. The number of carboxylic acids is 1. The minimum absolute atomic E-state index is 0.128. The minimum atomic E-state index is -3.32. The van der Waals surface area contributed by atoms with Crippen LogP contribution in [0.2, 0.25) is 0 Å². The van der Waals surface area contributed by atoms with Crippen LogP contribution in [0.5, 0.6) is 0 Å². The Labute approximate surface area is 127 Å². The van der Waals surface area contributed by atoms with E-state index in [9.17, 15) is 18.0 Å². The summed E-state index contributed by atoms with van der Waals surface area (Å²) in [7, 11) is -3.32. The van der Waals surface area contributed by atoms with Crippen molar-refractivity contribution in [1.29, 1.82) is 0 Å².